The van der Waals surface area contributed by atoms with Gasteiger partial charge in [-0.3, -0.25) is 9.59 Å². The van der Waals surface area contributed by atoms with Crippen LogP contribution in [0.3, 0.4) is 0 Å². The molecule has 4 rings (SSSR count). The normalized spacial score (nSPS) is 24.0. The zero-order chi connectivity index (χ0) is 17.2. The summed E-state index contributed by atoms with van der Waals surface area (Å²) in [5.41, 5.74) is 0.937. The molecule has 1 amide bonds. The summed E-state index contributed by atoms with van der Waals surface area (Å²) in [4.78, 5) is 30.0. The van der Waals surface area contributed by atoms with Crippen molar-refractivity contribution in [2.45, 2.75) is 38.1 Å². The Hall–Kier alpha value is -2.14. The number of para-hydroxylation sites is 1. The molecule has 0 spiro atoms. The van der Waals surface area contributed by atoms with Crippen molar-refractivity contribution in [3.63, 3.8) is 0 Å². The van der Waals surface area contributed by atoms with Crippen molar-refractivity contribution in [2.75, 3.05) is 19.6 Å². The topological polar surface area (TPSA) is 65.2 Å². The fourth-order valence-electron chi connectivity index (χ4n) is 4.53. The van der Waals surface area contributed by atoms with E-state index in [2.05, 4.69) is 15.2 Å². The molecule has 2 aromatic rings. The summed E-state index contributed by atoms with van der Waals surface area (Å²) in [7, 11) is 0. The Labute approximate surface area is 147 Å². The molecule has 2 unspecified atom stereocenters. The average molecular weight is 339 g/mol. The van der Waals surface area contributed by atoms with E-state index in [9.17, 15) is 9.59 Å². The number of nitrogens with one attached hydrogen (secondary N) is 2. The average Bonchev–Trinajstić information content (AvgIpc) is 2.65. The van der Waals surface area contributed by atoms with Gasteiger partial charge in [0.15, 0.2) is 0 Å². The number of piperidine rings is 2. The van der Waals surface area contributed by atoms with E-state index in [0.717, 1.165) is 5.39 Å². The van der Waals surface area contributed by atoms with Gasteiger partial charge in [-0.1, -0.05) is 24.6 Å². The highest BCUT2D eigenvalue weighted by Crippen LogP contribution is 2.30. The lowest BCUT2D eigenvalue weighted by Crippen LogP contribution is -2.51. The number of pyridine rings is 1. The second-order valence-corrected chi connectivity index (χ2v) is 7.30. The number of hydrogen-bond acceptors (Lipinski definition) is 3. The van der Waals surface area contributed by atoms with Gasteiger partial charge in [0.05, 0.1) is 5.56 Å². The van der Waals surface area contributed by atoms with E-state index in [1.807, 2.05) is 24.3 Å². The summed E-state index contributed by atoms with van der Waals surface area (Å²) in [6, 6.07) is 9.47. The predicted octanol–water partition coefficient (Wildman–Crippen LogP) is 2.52. The number of nitrogens with zero attached hydrogens (tertiary/aromatic N) is 1. The van der Waals surface area contributed by atoms with E-state index in [4.69, 9.17) is 0 Å². The molecule has 5 heteroatoms. The van der Waals surface area contributed by atoms with E-state index in [0.29, 0.717) is 29.6 Å². The molecule has 0 bridgehead atoms. The molecule has 132 valence electrons. The van der Waals surface area contributed by atoms with E-state index >= 15 is 0 Å². The minimum absolute atomic E-state index is 0.143. The molecule has 0 radical (unpaired) electrons. The first-order valence-electron chi connectivity index (χ1n) is 9.37. The molecule has 2 N–H and O–H groups in total. The van der Waals surface area contributed by atoms with Crippen molar-refractivity contribution in [1.29, 1.82) is 0 Å². The zero-order valence-electron chi connectivity index (χ0n) is 14.5. The lowest BCUT2D eigenvalue weighted by atomic mass is 9.83. The summed E-state index contributed by atoms with van der Waals surface area (Å²) < 4.78 is 0. The van der Waals surface area contributed by atoms with Crippen LogP contribution in [-0.2, 0) is 0 Å². The Kier molecular flexibility index (Phi) is 4.57. The Bertz CT molecular complexity index is 827. The number of fused-ring (bicyclic) bond motifs is 2. The van der Waals surface area contributed by atoms with Crippen molar-refractivity contribution < 1.29 is 4.79 Å². The largest absolute Gasteiger partial charge is 0.352 e. The summed E-state index contributed by atoms with van der Waals surface area (Å²) in [6.45, 7) is 3.10. The van der Waals surface area contributed by atoms with Crippen LogP contribution in [0, 0.1) is 5.92 Å². The maximum absolute atomic E-state index is 12.7. The molecule has 2 aliphatic heterocycles. The van der Waals surface area contributed by atoms with Gasteiger partial charge in [0, 0.05) is 29.6 Å². The quantitative estimate of drug-likeness (QED) is 0.903. The summed E-state index contributed by atoms with van der Waals surface area (Å²) in [6.07, 6.45) is 6.23. The van der Waals surface area contributed by atoms with E-state index in [1.54, 1.807) is 0 Å². The van der Waals surface area contributed by atoms with Gasteiger partial charge in [-0.25, -0.2) is 0 Å². The number of H-pyrrole nitrogens is 1. The molecular formula is C20H25N3O2. The number of aromatic nitrogens is 1. The second kappa shape index (κ2) is 7.00. The molecule has 2 aliphatic rings. The van der Waals surface area contributed by atoms with Crippen LogP contribution >= 0.6 is 0 Å². The van der Waals surface area contributed by atoms with Crippen LogP contribution in [-0.4, -0.2) is 41.5 Å². The number of rotatable bonds is 3. The molecule has 0 aliphatic carbocycles. The Morgan fingerprint density at radius 3 is 2.92 bits per heavy atom. The van der Waals surface area contributed by atoms with Crippen molar-refractivity contribution in [1.82, 2.24) is 15.2 Å². The summed E-state index contributed by atoms with van der Waals surface area (Å²) in [5, 5.41) is 3.90. The van der Waals surface area contributed by atoms with Gasteiger partial charge in [0.1, 0.15) is 0 Å². The number of carbonyl (C=O) groups excluding carboxylic acids is 1. The molecule has 2 saturated heterocycles. The fraction of sp³-hybridized carbons (Fsp3) is 0.500. The Morgan fingerprint density at radius 1 is 1.16 bits per heavy atom. The smallest absolute Gasteiger partial charge is 0.252 e. The van der Waals surface area contributed by atoms with Gasteiger partial charge in [-0.2, -0.15) is 0 Å². The maximum Gasteiger partial charge on any atom is 0.252 e. The third-order valence-corrected chi connectivity index (χ3v) is 5.75. The van der Waals surface area contributed by atoms with Gasteiger partial charge in [-0.05, 0) is 50.8 Å². The Balaban J connectivity index is 1.50. The molecule has 3 heterocycles. The number of aromatic amines is 1. The van der Waals surface area contributed by atoms with Crippen LogP contribution < -0.4 is 10.9 Å². The van der Waals surface area contributed by atoms with Crippen molar-refractivity contribution in [3.05, 3.63) is 46.2 Å². The summed E-state index contributed by atoms with van der Waals surface area (Å²) >= 11 is 0. The van der Waals surface area contributed by atoms with Gasteiger partial charge in [-0.15, -0.1) is 0 Å². The first-order chi connectivity index (χ1) is 12.2. The maximum atomic E-state index is 12.7. The van der Waals surface area contributed by atoms with Crippen LogP contribution in [0.5, 0.6) is 0 Å². The van der Waals surface area contributed by atoms with Crippen molar-refractivity contribution in [2.24, 2.45) is 5.92 Å². The second-order valence-electron chi connectivity index (χ2n) is 7.30. The van der Waals surface area contributed by atoms with Gasteiger partial charge < -0.3 is 15.2 Å². The number of benzene rings is 1. The monoisotopic (exact) mass is 339 g/mol. The van der Waals surface area contributed by atoms with Crippen molar-refractivity contribution in [3.8, 4) is 0 Å². The third kappa shape index (κ3) is 3.33. The van der Waals surface area contributed by atoms with E-state index < -0.39 is 0 Å². The van der Waals surface area contributed by atoms with Crippen LogP contribution in [0.15, 0.2) is 35.1 Å². The Morgan fingerprint density at radius 2 is 2.00 bits per heavy atom. The highest BCUT2D eigenvalue weighted by molar-refractivity contribution is 6.05. The molecule has 1 aromatic heterocycles. The standard InChI is InChI=1S/C20H25N3O2/c24-19-12-16(15-7-1-2-8-17(15)22-19)20(25)21-13-14-6-5-11-23-10-4-3-9-18(14)23/h1-2,7-8,12,14,18H,3-6,9-11,13H2,(H,21,25)(H,22,24). The predicted molar refractivity (Wildman–Crippen MR) is 98.8 cm³/mol. The van der Waals surface area contributed by atoms with E-state index in [-0.39, 0.29) is 11.5 Å². The molecule has 25 heavy (non-hydrogen) atoms. The minimum atomic E-state index is -0.236. The van der Waals surface area contributed by atoms with E-state index in [1.165, 1.54) is 51.3 Å². The zero-order valence-corrected chi connectivity index (χ0v) is 14.5. The molecule has 0 saturated carbocycles. The number of amides is 1. The lowest BCUT2D eigenvalue weighted by molar-refractivity contribution is 0.0576. The molecule has 5 nitrogen and oxygen atoms in total. The third-order valence-electron chi connectivity index (χ3n) is 5.75. The minimum Gasteiger partial charge on any atom is -0.352 e. The van der Waals surface area contributed by atoms with Gasteiger partial charge >= 0.3 is 0 Å². The number of hydrogen-bond donors (Lipinski definition) is 2. The van der Waals surface area contributed by atoms with Gasteiger partial charge in [0.2, 0.25) is 5.56 Å². The fourth-order valence-corrected chi connectivity index (χ4v) is 4.53. The van der Waals surface area contributed by atoms with Crippen LogP contribution in [0.4, 0.5) is 0 Å². The highest BCUT2D eigenvalue weighted by Gasteiger charge is 2.33. The summed E-state index contributed by atoms with van der Waals surface area (Å²) in [5.74, 6) is 0.376. The molecule has 2 fully saturated rings. The molecule has 1 aromatic carbocycles. The van der Waals surface area contributed by atoms with Gasteiger partial charge in [0.25, 0.3) is 5.91 Å². The molecular weight excluding hydrogens is 314 g/mol. The SMILES string of the molecule is O=C(NCC1CCCN2CCCCC12)c1cc(=O)[nH]c2ccccc12. The van der Waals surface area contributed by atoms with Crippen LogP contribution in [0.1, 0.15) is 42.5 Å². The first-order valence-corrected chi connectivity index (χ1v) is 9.37. The highest BCUT2D eigenvalue weighted by atomic mass is 16.2. The van der Waals surface area contributed by atoms with Crippen molar-refractivity contribution >= 4 is 16.8 Å². The first kappa shape index (κ1) is 16.3. The molecule has 2 atom stereocenters. The van der Waals surface area contributed by atoms with Crippen LogP contribution in [0.2, 0.25) is 0 Å². The lowest BCUT2D eigenvalue weighted by Gasteiger charge is -2.44. The van der Waals surface area contributed by atoms with Crippen LogP contribution in [0.25, 0.3) is 10.9 Å². The number of carbonyl (C=O) groups is 1.